The lowest BCUT2D eigenvalue weighted by atomic mass is 9.77. The average molecular weight is 467 g/mol. The van der Waals surface area contributed by atoms with Crippen molar-refractivity contribution in [2.24, 2.45) is 5.92 Å². The molecule has 6 heteroatoms. The van der Waals surface area contributed by atoms with Crippen LogP contribution < -0.4 is 0 Å². The van der Waals surface area contributed by atoms with Gasteiger partial charge in [-0.2, -0.15) is 0 Å². The van der Waals surface area contributed by atoms with E-state index in [1.54, 1.807) is 4.68 Å². The van der Waals surface area contributed by atoms with Gasteiger partial charge in [0, 0.05) is 0 Å². The number of carbonyl (C=O) groups excluding carboxylic acids is 1. The third-order valence-corrected chi connectivity index (χ3v) is 6.27. The first-order valence-corrected chi connectivity index (χ1v) is 10.4. The maximum atomic E-state index is 13.1. The molecule has 0 amide bonds. The van der Waals surface area contributed by atoms with Gasteiger partial charge in [0.1, 0.15) is 5.60 Å². The van der Waals surface area contributed by atoms with Crippen LogP contribution in [0.5, 0.6) is 0 Å². The van der Waals surface area contributed by atoms with Crippen molar-refractivity contribution in [3.8, 4) is 0 Å². The van der Waals surface area contributed by atoms with Crippen molar-refractivity contribution in [1.29, 1.82) is 0 Å². The number of hydrogen-bond donors (Lipinski definition) is 0. The Bertz CT molecular complexity index is 752. The van der Waals surface area contributed by atoms with Gasteiger partial charge < -0.3 is 4.74 Å². The Morgan fingerprint density at radius 2 is 1.81 bits per heavy atom. The molecule has 1 heterocycles. The van der Waals surface area contributed by atoms with Crippen molar-refractivity contribution in [2.45, 2.75) is 64.5 Å². The summed E-state index contributed by atoms with van der Waals surface area (Å²) in [6.45, 7) is 6.31. The van der Waals surface area contributed by atoms with Crippen LogP contribution in [0, 0.1) is 9.62 Å². The van der Waals surface area contributed by atoms with Crippen LogP contribution in [0.3, 0.4) is 0 Å². The van der Waals surface area contributed by atoms with E-state index >= 15 is 0 Å². The molecule has 2 aromatic rings. The molecular formula is C20H26IN3O2. The van der Waals surface area contributed by atoms with E-state index in [4.69, 9.17) is 4.74 Å². The van der Waals surface area contributed by atoms with Crippen molar-refractivity contribution in [2.75, 3.05) is 0 Å². The summed E-state index contributed by atoms with van der Waals surface area (Å²) in [7, 11) is 0. The van der Waals surface area contributed by atoms with Crippen LogP contribution in [0.2, 0.25) is 0 Å². The molecule has 5 nitrogen and oxygen atoms in total. The van der Waals surface area contributed by atoms with Gasteiger partial charge in [-0.3, -0.25) is 0 Å². The van der Waals surface area contributed by atoms with Gasteiger partial charge in [0.2, 0.25) is 0 Å². The second-order valence-corrected chi connectivity index (χ2v) is 8.45. The topological polar surface area (TPSA) is 57.0 Å². The van der Waals surface area contributed by atoms with Crippen LogP contribution in [-0.2, 0) is 4.74 Å². The number of aromatic nitrogens is 3. The first-order valence-electron chi connectivity index (χ1n) is 9.33. The van der Waals surface area contributed by atoms with Gasteiger partial charge in [0.05, 0.1) is 6.04 Å². The second kappa shape index (κ2) is 8.06. The summed E-state index contributed by atoms with van der Waals surface area (Å²) in [6, 6.07) is 9.93. The Labute approximate surface area is 168 Å². The van der Waals surface area contributed by atoms with Crippen LogP contribution in [0.4, 0.5) is 0 Å². The monoisotopic (exact) mass is 467 g/mol. The van der Waals surface area contributed by atoms with Crippen molar-refractivity contribution in [3.63, 3.8) is 0 Å². The Kier molecular flexibility index (Phi) is 5.99. The molecular weight excluding hydrogens is 441 g/mol. The maximum absolute atomic E-state index is 13.1. The molecule has 1 saturated carbocycles. The molecule has 140 valence electrons. The lowest BCUT2D eigenvalue weighted by Crippen LogP contribution is -2.42. The Morgan fingerprint density at radius 3 is 2.42 bits per heavy atom. The van der Waals surface area contributed by atoms with Gasteiger partial charge in [-0.25, -0.2) is 9.48 Å². The fraction of sp³-hybridized carbons (Fsp3) is 0.550. The molecule has 1 aliphatic rings. The first-order chi connectivity index (χ1) is 12.4. The molecule has 0 unspecified atom stereocenters. The van der Waals surface area contributed by atoms with Crippen LogP contribution in [-0.4, -0.2) is 26.6 Å². The number of esters is 1. The van der Waals surface area contributed by atoms with E-state index in [9.17, 15) is 4.79 Å². The second-order valence-electron chi connectivity index (χ2n) is 7.43. The predicted molar refractivity (Wildman–Crippen MR) is 109 cm³/mol. The highest BCUT2D eigenvalue weighted by atomic mass is 127. The fourth-order valence-corrected chi connectivity index (χ4v) is 4.34. The Morgan fingerprint density at radius 1 is 1.15 bits per heavy atom. The number of nitrogens with zero attached hydrogens (tertiary/aromatic N) is 3. The molecule has 3 rings (SSSR count). The minimum absolute atomic E-state index is 0.0869. The number of ether oxygens (including phenoxy) is 1. The van der Waals surface area contributed by atoms with Crippen molar-refractivity contribution >= 4 is 28.6 Å². The zero-order valence-electron chi connectivity index (χ0n) is 15.6. The van der Waals surface area contributed by atoms with Crippen LogP contribution in [0.15, 0.2) is 30.3 Å². The number of hydrogen-bond acceptors (Lipinski definition) is 4. The smallest absolute Gasteiger partial charge is 0.360 e. The number of rotatable bonds is 5. The number of halogens is 1. The largest absolute Gasteiger partial charge is 0.454 e. The fourth-order valence-electron chi connectivity index (χ4n) is 3.78. The molecule has 1 aromatic heterocycles. The molecule has 0 spiro atoms. The summed E-state index contributed by atoms with van der Waals surface area (Å²) in [5.74, 6) is -0.0157. The third kappa shape index (κ3) is 3.80. The molecule has 1 atom stereocenters. The van der Waals surface area contributed by atoms with E-state index in [-0.39, 0.29) is 17.6 Å². The van der Waals surface area contributed by atoms with Crippen LogP contribution >= 0.6 is 22.6 Å². The van der Waals surface area contributed by atoms with Gasteiger partial charge in [0.25, 0.3) is 0 Å². The Balaban J connectivity index is 1.89. The highest BCUT2D eigenvalue weighted by Crippen LogP contribution is 2.38. The summed E-state index contributed by atoms with van der Waals surface area (Å²) in [6.07, 6.45) is 5.31. The van der Waals surface area contributed by atoms with Crippen molar-refractivity contribution in [1.82, 2.24) is 15.0 Å². The predicted octanol–water partition coefficient (Wildman–Crippen LogP) is 5.01. The zero-order chi connectivity index (χ0) is 18.7. The summed E-state index contributed by atoms with van der Waals surface area (Å²) in [5, 5.41) is 8.38. The van der Waals surface area contributed by atoms with E-state index < -0.39 is 0 Å². The van der Waals surface area contributed by atoms with E-state index in [1.165, 1.54) is 6.42 Å². The summed E-state index contributed by atoms with van der Waals surface area (Å²) >= 11 is 2.07. The molecule has 1 fully saturated rings. The van der Waals surface area contributed by atoms with Crippen LogP contribution in [0.25, 0.3) is 0 Å². The third-order valence-electron chi connectivity index (χ3n) is 5.54. The van der Waals surface area contributed by atoms with Gasteiger partial charge in [0.15, 0.2) is 9.39 Å². The van der Waals surface area contributed by atoms with Crippen LogP contribution in [0.1, 0.15) is 75.0 Å². The zero-order valence-corrected chi connectivity index (χ0v) is 17.8. The molecule has 0 saturated heterocycles. The lowest BCUT2D eigenvalue weighted by Gasteiger charge is -2.40. The summed E-state index contributed by atoms with van der Waals surface area (Å²) in [5.41, 5.74) is 1.16. The number of benzene rings is 1. The molecule has 0 radical (unpaired) electrons. The summed E-state index contributed by atoms with van der Waals surface area (Å²) < 4.78 is 8.43. The molecule has 0 aliphatic heterocycles. The van der Waals surface area contributed by atoms with Crippen molar-refractivity contribution < 1.29 is 9.53 Å². The lowest BCUT2D eigenvalue weighted by molar-refractivity contribution is -0.0654. The highest BCUT2D eigenvalue weighted by Gasteiger charge is 2.40. The molecule has 1 aromatic carbocycles. The van der Waals surface area contributed by atoms with E-state index in [0.29, 0.717) is 15.3 Å². The molecule has 0 bridgehead atoms. The standard InChI is InChI=1S/C20H26IN3O2/c1-14(2)20(12-8-5-9-13-20)26-19(25)17-18(21)22-23-24(17)15(3)16-10-6-4-7-11-16/h4,6-7,10-11,14-15H,5,8-9,12-13H2,1-3H3/t15-/m1/s1. The van der Waals surface area contributed by atoms with E-state index in [2.05, 4.69) is 46.8 Å². The maximum Gasteiger partial charge on any atom is 0.360 e. The van der Waals surface area contributed by atoms with Gasteiger partial charge >= 0.3 is 5.97 Å². The van der Waals surface area contributed by atoms with Crippen molar-refractivity contribution in [3.05, 3.63) is 45.3 Å². The minimum atomic E-state index is -0.372. The quantitative estimate of drug-likeness (QED) is 0.459. The highest BCUT2D eigenvalue weighted by molar-refractivity contribution is 14.1. The van der Waals surface area contributed by atoms with Gasteiger partial charge in [-0.1, -0.05) is 55.8 Å². The SMILES string of the molecule is CC(C)C1(OC(=O)c2c(I)nnn2[C@H](C)c2ccccc2)CCCCC1. The van der Waals surface area contributed by atoms with Gasteiger partial charge in [-0.15, -0.1) is 5.10 Å². The van der Waals surface area contributed by atoms with E-state index in [0.717, 1.165) is 31.2 Å². The van der Waals surface area contributed by atoms with E-state index in [1.807, 2.05) is 37.3 Å². The summed E-state index contributed by atoms with van der Waals surface area (Å²) in [4.78, 5) is 13.1. The first kappa shape index (κ1) is 19.3. The average Bonchev–Trinajstić information content (AvgIpc) is 3.04. The normalized spacial score (nSPS) is 17.9. The minimum Gasteiger partial charge on any atom is -0.454 e. The Hall–Kier alpha value is -1.44. The molecule has 26 heavy (non-hydrogen) atoms. The molecule has 0 N–H and O–H groups in total. The van der Waals surface area contributed by atoms with Gasteiger partial charge in [-0.05, 0) is 66.7 Å². The number of carbonyl (C=O) groups is 1. The molecule has 1 aliphatic carbocycles.